The summed E-state index contributed by atoms with van der Waals surface area (Å²) < 4.78 is 1.74. The number of hydrogen-bond acceptors (Lipinski definition) is 4. The molecule has 1 saturated heterocycles. The number of nitrogens with one attached hydrogen (secondary N) is 1. The predicted octanol–water partition coefficient (Wildman–Crippen LogP) is 3.07. The zero-order chi connectivity index (χ0) is 17.8. The minimum atomic E-state index is -0.132. The molecular weight excluding hydrogens is 326 g/mol. The normalized spacial score (nSPS) is 14.9. The first kappa shape index (κ1) is 16.5. The van der Waals surface area contributed by atoms with Gasteiger partial charge in [-0.2, -0.15) is 5.10 Å². The van der Waals surface area contributed by atoms with E-state index in [-0.39, 0.29) is 5.91 Å². The van der Waals surface area contributed by atoms with Crippen LogP contribution in [0.4, 0.5) is 0 Å². The van der Waals surface area contributed by atoms with E-state index < -0.39 is 0 Å². The molecule has 0 spiro atoms. The monoisotopic (exact) mass is 347 g/mol. The van der Waals surface area contributed by atoms with Crippen molar-refractivity contribution < 1.29 is 4.79 Å². The van der Waals surface area contributed by atoms with E-state index in [0.717, 1.165) is 37.2 Å². The van der Waals surface area contributed by atoms with E-state index in [1.165, 1.54) is 6.42 Å². The Hall–Kier alpha value is -2.99. The summed E-state index contributed by atoms with van der Waals surface area (Å²) in [5.41, 5.74) is 5.95. The molecule has 1 fully saturated rings. The zero-order valence-corrected chi connectivity index (χ0v) is 14.5. The molecule has 132 valence electrons. The topological polar surface area (TPSA) is 63.1 Å². The van der Waals surface area contributed by atoms with Crippen LogP contribution in [-0.4, -0.2) is 38.8 Å². The largest absolute Gasteiger partial charge is 0.285 e. The Bertz CT molecular complexity index is 870. The third-order valence-corrected chi connectivity index (χ3v) is 4.53. The maximum absolute atomic E-state index is 12.9. The Morgan fingerprint density at radius 3 is 2.54 bits per heavy atom. The van der Waals surface area contributed by atoms with Gasteiger partial charge in [-0.15, -0.1) is 0 Å². The number of piperidine rings is 1. The minimum Gasteiger partial charge on any atom is -0.285 e. The third kappa shape index (κ3) is 3.50. The van der Waals surface area contributed by atoms with E-state index in [9.17, 15) is 4.79 Å². The van der Waals surface area contributed by atoms with Crippen molar-refractivity contribution in [3.8, 4) is 16.9 Å². The van der Waals surface area contributed by atoms with E-state index in [2.05, 4.69) is 15.5 Å². The fourth-order valence-electron chi connectivity index (χ4n) is 3.18. The molecule has 4 rings (SSSR count). The Balaban J connectivity index is 1.69. The second kappa shape index (κ2) is 7.49. The van der Waals surface area contributed by atoms with Gasteiger partial charge in [-0.25, -0.2) is 9.69 Å². The number of rotatable bonds is 4. The third-order valence-electron chi connectivity index (χ3n) is 4.53. The second-order valence-corrected chi connectivity index (χ2v) is 6.40. The summed E-state index contributed by atoms with van der Waals surface area (Å²) in [6.07, 6.45) is 8.68. The summed E-state index contributed by atoms with van der Waals surface area (Å²) in [5, 5.41) is 6.66. The molecule has 1 N–H and O–H groups in total. The van der Waals surface area contributed by atoms with Crippen molar-refractivity contribution in [3.05, 3.63) is 66.6 Å². The fourth-order valence-corrected chi connectivity index (χ4v) is 3.18. The standard InChI is InChI=1S/C20H21N5O/c26-20(23-24-12-5-2-6-13-24)18-15-25(17-9-3-1-4-10-17)22-19(18)16-8-7-11-21-14-16/h1,3-4,7-11,14-15H,2,5-6,12-13H2,(H,23,26). The Morgan fingerprint density at radius 1 is 1.00 bits per heavy atom. The Morgan fingerprint density at radius 2 is 1.81 bits per heavy atom. The highest BCUT2D eigenvalue weighted by Crippen LogP contribution is 2.23. The van der Waals surface area contributed by atoms with E-state index >= 15 is 0 Å². The number of carbonyl (C=O) groups is 1. The first-order valence-electron chi connectivity index (χ1n) is 8.93. The molecular formula is C20H21N5O. The maximum Gasteiger partial charge on any atom is 0.269 e. The molecule has 1 aromatic carbocycles. The summed E-state index contributed by atoms with van der Waals surface area (Å²) in [5.74, 6) is -0.132. The van der Waals surface area contributed by atoms with Crippen molar-refractivity contribution in [1.82, 2.24) is 25.2 Å². The van der Waals surface area contributed by atoms with Crippen LogP contribution in [0.2, 0.25) is 0 Å². The lowest BCUT2D eigenvalue weighted by Gasteiger charge is -2.26. The maximum atomic E-state index is 12.9. The van der Waals surface area contributed by atoms with Crippen LogP contribution in [0.5, 0.6) is 0 Å². The van der Waals surface area contributed by atoms with E-state index in [1.807, 2.05) is 47.5 Å². The van der Waals surface area contributed by atoms with Crippen molar-refractivity contribution in [2.24, 2.45) is 0 Å². The SMILES string of the molecule is O=C(NN1CCCCC1)c1cn(-c2ccccc2)nc1-c1cccnc1. The van der Waals surface area contributed by atoms with Gasteiger partial charge in [0.15, 0.2) is 0 Å². The van der Waals surface area contributed by atoms with Gasteiger partial charge in [0.05, 0.1) is 11.3 Å². The van der Waals surface area contributed by atoms with Gasteiger partial charge in [-0.3, -0.25) is 15.2 Å². The van der Waals surface area contributed by atoms with Crippen molar-refractivity contribution in [3.63, 3.8) is 0 Å². The van der Waals surface area contributed by atoms with Crippen LogP contribution in [0.25, 0.3) is 16.9 Å². The van der Waals surface area contributed by atoms with Crippen molar-refractivity contribution in [1.29, 1.82) is 0 Å². The summed E-state index contributed by atoms with van der Waals surface area (Å²) in [7, 11) is 0. The van der Waals surface area contributed by atoms with Gasteiger partial charge in [0.1, 0.15) is 5.69 Å². The number of para-hydroxylation sites is 1. The van der Waals surface area contributed by atoms with E-state index in [4.69, 9.17) is 0 Å². The number of benzene rings is 1. The number of hydrogen-bond donors (Lipinski definition) is 1. The summed E-state index contributed by atoms with van der Waals surface area (Å²) >= 11 is 0. The van der Waals surface area contributed by atoms with Crippen LogP contribution in [0.1, 0.15) is 29.6 Å². The molecule has 3 aromatic rings. The van der Waals surface area contributed by atoms with E-state index in [1.54, 1.807) is 23.3 Å². The van der Waals surface area contributed by atoms with E-state index in [0.29, 0.717) is 11.3 Å². The number of aromatic nitrogens is 3. The van der Waals surface area contributed by atoms with Gasteiger partial charge in [0.2, 0.25) is 0 Å². The summed E-state index contributed by atoms with van der Waals surface area (Å²) in [6.45, 7) is 1.78. The number of pyridine rings is 1. The molecule has 26 heavy (non-hydrogen) atoms. The Kier molecular flexibility index (Phi) is 4.75. The number of amides is 1. The molecule has 1 aliphatic rings. The zero-order valence-electron chi connectivity index (χ0n) is 14.5. The molecule has 6 heteroatoms. The van der Waals surface area contributed by atoms with Gasteiger partial charge in [-0.1, -0.05) is 24.6 Å². The first-order chi connectivity index (χ1) is 12.8. The fraction of sp³-hybridized carbons (Fsp3) is 0.250. The lowest BCUT2D eigenvalue weighted by molar-refractivity contribution is 0.0750. The van der Waals surface area contributed by atoms with Gasteiger partial charge in [-0.05, 0) is 37.1 Å². The quantitative estimate of drug-likeness (QED) is 0.788. The number of hydrazine groups is 1. The number of nitrogens with zero attached hydrogens (tertiary/aromatic N) is 4. The molecule has 3 heterocycles. The second-order valence-electron chi connectivity index (χ2n) is 6.40. The molecule has 6 nitrogen and oxygen atoms in total. The molecule has 0 atom stereocenters. The molecule has 1 amide bonds. The highest BCUT2D eigenvalue weighted by atomic mass is 16.2. The van der Waals surface area contributed by atoms with Gasteiger partial charge < -0.3 is 0 Å². The Labute approximate surface area is 152 Å². The van der Waals surface area contributed by atoms with Crippen LogP contribution in [0, 0.1) is 0 Å². The predicted molar refractivity (Wildman–Crippen MR) is 99.7 cm³/mol. The minimum absolute atomic E-state index is 0.132. The van der Waals surface area contributed by atoms with Crippen molar-refractivity contribution >= 4 is 5.91 Å². The van der Waals surface area contributed by atoms with Gasteiger partial charge in [0, 0.05) is 37.2 Å². The van der Waals surface area contributed by atoms with Gasteiger partial charge >= 0.3 is 0 Å². The van der Waals surface area contributed by atoms with Crippen LogP contribution < -0.4 is 5.43 Å². The molecule has 0 saturated carbocycles. The highest BCUT2D eigenvalue weighted by Gasteiger charge is 2.21. The molecule has 1 aliphatic heterocycles. The average Bonchev–Trinajstić information content (AvgIpc) is 3.16. The van der Waals surface area contributed by atoms with Crippen LogP contribution in [0.3, 0.4) is 0 Å². The van der Waals surface area contributed by atoms with Crippen LogP contribution >= 0.6 is 0 Å². The van der Waals surface area contributed by atoms with Crippen LogP contribution in [-0.2, 0) is 0 Å². The molecule has 2 aromatic heterocycles. The average molecular weight is 347 g/mol. The summed E-state index contributed by atoms with van der Waals surface area (Å²) in [4.78, 5) is 17.1. The van der Waals surface area contributed by atoms with Crippen LogP contribution in [0.15, 0.2) is 61.1 Å². The summed E-state index contributed by atoms with van der Waals surface area (Å²) in [6, 6.07) is 13.6. The van der Waals surface area contributed by atoms with Crippen molar-refractivity contribution in [2.75, 3.05) is 13.1 Å². The molecule has 0 radical (unpaired) electrons. The first-order valence-corrected chi connectivity index (χ1v) is 8.93. The molecule has 0 aliphatic carbocycles. The van der Waals surface area contributed by atoms with Crippen molar-refractivity contribution in [2.45, 2.75) is 19.3 Å². The lowest BCUT2D eigenvalue weighted by atomic mass is 10.1. The molecule has 0 bridgehead atoms. The lowest BCUT2D eigenvalue weighted by Crippen LogP contribution is -2.45. The highest BCUT2D eigenvalue weighted by molar-refractivity contribution is 5.99. The number of carbonyl (C=O) groups excluding carboxylic acids is 1. The molecule has 0 unspecified atom stereocenters. The smallest absolute Gasteiger partial charge is 0.269 e. The van der Waals surface area contributed by atoms with Gasteiger partial charge in [0.25, 0.3) is 5.91 Å².